The van der Waals surface area contributed by atoms with E-state index in [4.69, 9.17) is 0 Å². The number of nitrogens with zero attached hydrogens (tertiary/aromatic N) is 1. The van der Waals surface area contributed by atoms with Crippen LogP contribution in [0.2, 0.25) is 0 Å². The molecule has 0 aliphatic heterocycles. The Hall–Kier alpha value is -2.87. The summed E-state index contributed by atoms with van der Waals surface area (Å²) in [5, 5.41) is 0. The highest BCUT2D eigenvalue weighted by Gasteiger charge is 2.29. The number of thioether (sulfide) groups is 1. The number of halogens is 3. The van der Waals surface area contributed by atoms with Crippen molar-refractivity contribution < 1.29 is 18.0 Å². The van der Waals surface area contributed by atoms with Crippen molar-refractivity contribution in [3.05, 3.63) is 82.3 Å². The quantitative estimate of drug-likeness (QED) is 0.378. The number of hydrogen-bond donors (Lipinski definition) is 1. The Morgan fingerprint density at radius 2 is 1.77 bits per heavy atom. The molecule has 156 valence electrons. The van der Waals surface area contributed by atoms with E-state index in [2.05, 4.69) is 9.97 Å². The first-order valence-corrected chi connectivity index (χ1v) is 10.1. The van der Waals surface area contributed by atoms with Gasteiger partial charge in [-0.25, -0.2) is 4.98 Å². The Balaban J connectivity index is 1.79. The average Bonchev–Trinajstić information content (AvgIpc) is 2.71. The van der Waals surface area contributed by atoms with Crippen molar-refractivity contribution in [2.45, 2.75) is 36.1 Å². The maximum absolute atomic E-state index is 12.8. The number of carbonyl (C=O) groups excluding carboxylic acids is 1. The zero-order chi connectivity index (χ0) is 21.7. The van der Waals surface area contributed by atoms with Gasteiger partial charge >= 0.3 is 5.51 Å². The number of hydrogen-bond acceptors (Lipinski definition) is 4. The molecule has 2 aromatic carbocycles. The molecule has 0 amide bonds. The van der Waals surface area contributed by atoms with Gasteiger partial charge in [-0.05, 0) is 41.8 Å². The summed E-state index contributed by atoms with van der Waals surface area (Å²) < 4.78 is 37.5. The van der Waals surface area contributed by atoms with E-state index < -0.39 is 11.1 Å². The molecular weight excluding hydrogens is 413 g/mol. The third-order valence-corrected chi connectivity index (χ3v) is 5.32. The number of benzene rings is 2. The van der Waals surface area contributed by atoms with Gasteiger partial charge in [-0.1, -0.05) is 49.4 Å². The molecule has 0 aliphatic rings. The monoisotopic (exact) mass is 432 g/mol. The zero-order valence-electron chi connectivity index (χ0n) is 16.1. The van der Waals surface area contributed by atoms with Crippen LogP contribution in [-0.4, -0.2) is 21.3 Å². The molecule has 0 unspecified atom stereocenters. The first-order chi connectivity index (χ1) is 14.2. The smallest absolute Gasteiger partial charge is 0.306 e. The molecular formula is C22H19F3N2O2S. The Bertz CT molecular complexity index is 1060. The largest absolute Gasteiger partial charge is 0.446 e. The predicted octanol–water partition coefficient (Wildman–Crippen LogP) is 5.82. The molecule has 0 bridgehead atoms. The number of Topliss-reactive ketones (excluding diaryl/α,β-unsaturated/α-hetero) is 1. The molecule has 0 fully saturated rings. The van der Waals surface area contributed by atoms with E-state index in [0.29, 0.717) is 17.8 Å². The number of aromatic amines is 1. The molecule has 3 aromatic rings. The normalized spacial score (nSPS) is 12.5. The summed E-state index contributed by atoms with van der Waals surface area (Å²) in [5.74, 6) is -0.171. The standard InChI is InChI=1S/C22H19F3N2O2S/c1-2-14(15-8-10-17(11-9-15)30-22(23,24)25)12-19(28)18-13-20(29)27-21(26-18)16-6-4-3-5-7-16/h3-11,13-14H,2,12H2,1H3,(H,26,27,29)/t14-/m0/s1. The first-order valence-electron chi connectivity index (χ1n) is 9.31. The fourth-order valence-corrected chi connectivity index (χ4v) is 3.64. The van der Waals surface area contributed by atoms with Gasteiger partial charge in [0, 0.05) is 22.9 Å². The minimum absolute atomic E-state index is 0.0697. The van der Waals surface area contributed by atoms with E-state index in [1.807, 2.05) is 13.0 Å². The van der Waals surface area contributed by atoms with E-state index in [1.54, 1.807) is 36.4 Å². The van der Waals surface area contributed by atoms with E-state index in [-0.39, 0.29) is 40.5 Å². The number of nitrogens with one attached hydrogen (secondary N) is 1. The van der Waals surface area contributed by atoms with Crippen LogP contribution in [0, 0.1) is 0 Å². The number of carbonyl (C=O) groups is 1. The number of ketones is 1. The second kappa shape index (κ2) is 9.30. The average molecular weight is 432 g/mol. The summed E-state index contributed by atoms with van der Waals surface area (Å²) in [6, 6.07) is 16.2. The second-order valence-electron chi connectivity index (χ2n) is 6.69. The summed E-state index contributed by atoms with van der Waals surface area (Å²) in [6.07, 6.45) is 0.721. The lowest BCUT2D eigenvalue weighted by Crippen LogP contribution is -2.16. The van der Waals surface area contributed by atoms with Crippen molar-refractivity contribution in [3.8, 4) is 11.4 Å². The maximum Gasteiger partial charge on any atom is 0.446 e. The van der Waals surface area contributed by atoms with Crippen molar-refractivity contribution in [2.24, 2.45) is 0 Å². The SMILES string of the molecule is CC[C@@H](CC(=O)c1cc(=O)[nH]c(-c2ccccc2)n1)c1ccc(SC(F)(F)F)cc1. The highest BCUT2D eigenvalue weighted by molar-refractivity contribution is 8.00. The minimum atomic E-state index is -4.34. The molecule has 8 heteroatoms. The lowest BCUT2D eigenvalue weighted by Gasteiger charge is -2.15. The Morgan fingerprint density at radius 3 is 2.37 bits per heavy atom. The molecule has 1 atom stereocenters. The van der Waals surface area contributed by atoms with Crippen LogP contribution in [0.3, 0.4) is 0 Å². The number of rotatable bonds is 7. The van der Waals surface area contributed by atoms with Crippen molar-refractivity contribution >= 4 is 17.5 Å². The maximum atomic E-state index is 12.8. The van der Waals surface area contributed by atoms with Crippen LogP contribution in [-0.2, 0) is 0 Å². The van der Waals surface area contributed by atoms with Gasteiger partial charge < -0.3 is 4.98 Å². The molecule has 4 nitrogen and oxygen atoms in total. The molecule has 0 spiro atoms. The molecule has 0 aliphatic carbocycles. The van der Waals surface area contributed by atoms with Crippen LogP contribution in [0.5, 0.6) is 0 Å². The van der Waals surface area contributed by atoms with Crippen LogP contribution in [0.25, 0.3) is 11.4 Å². The first kappa shape index (κ1) is 21.8. The third-order valence-electron chi connectivity index (χ3n) is 4.58. The lowest BCUT2D eigenvalue weighted by molar-refractivity contribution is -0.0328. The molecule has 1 heterocycles. The molecule has 0 saturated carbocycles. The number of alkyl halides is 3. The summed E-state index contributed by atoms with van der Waals surface area (Å²) in [7, 11) is 0. The summed E-state index contributed by atoms with van der Waals surface area (Å²) in [6.45, 7) is 1.90. The van der Waals surface area contributed by atoms with E-state index in [1.165, 1.54) is 18.2 Å². The van der Waals surface area contributed by atoms with Gasteiger partial charge in [0.2, 0.25) is 0 Å². The van der Waals surface area contributed by atoms with Crippen LogP contribution < -0.4 is 5.56 Å². The van der Waals surface area contributed by atoms with Crippen molar-refractivity contribution in [2.75, 3.05) is 0 Å². The van der Waals surface area contributed by atoms with Gasteiger partial charge in [0.25, 0.3) is 5.56 Å². The fourth-order valence-electron chi connectivity index (χ4n) is 3.10. The van der Waals surface area contributed by atoms with E-state index in [0.717, 1.165) is 5.56 Å². The van der Waals surface area contributed by atoms with Gasteiger partial charge in [0.1, 0.15) is 11.5 Å². The highest BCUT2D eigenvalue weighted by atomic mass is 32.2. The van der Waals surface area contributed by atoms with Gasteiger partial charge in [-0.2, -0.15) is 13.2 Å². The summed E-state index contributed by atoms with van der Waals surface area (Å²) >= 11 is -0.175. The Morgan fingerprint density at radius 1 is 1.10 bits per heavy atom. The fraction of sp³-hybridized carbons (Fsp3) is 0.227. The Kier molecular flexibility index (Phi) is 6.77. The molecule has 30 heavy (non-hydrogen) atoms. The lowest BCUT2D eigenvalue weighted by atomic mass is 9.90. The van der Waals surface area contributed by atoms with Crippen LogP contribution in [0.15, 0.2) is 70.4 Å². The Labute approximate surface area is 175 Å². The third kappa shape index (κ3) is 5.82. The van der Waals surface area contributed by atoms with Crippen LogP contribution in [0.1, 0.15) is 41.7 Å². The van der Waals surface area contributed by atoms with Gasteiger partial charge in [0.05, 0.1) is 0 Å². The van der Waals surface area contributed by atoms with Gasteiger partial charge in [-0.3, -0.25) is 9.59 Å². The topological polar surface area (TPSA) is 62.8 Å². The van der Waals surface area contributed by atoms with Crippen molar-refractivity contribution in [1.82, 2.24) is 9.97 Å². The van der Waals surface area contributed by atoms with Crippen LogP contribution >= 0.6 is 11.8 Å². The van der Waals surface area contributed by atoms with Gasteiger partial charge in [-0.15, -0.1) is 0 Å². The molecule has 0 radical (unpaired) electrons. The summed E-state index contributed by atoms with van der Waals surface area (Å²) in [4.78, 5) is 31.9. The zero-order valence-corrected chi connectivity index (χ0v) is 16.9. The number of H-pyrrole nitrogens is 1. The molecule has 1 N–H and O–H groups in total. The summed E-state index contributed by atoms with van der Waals surface area (Å²) in [5.41, 5.74) is -3.24. The number of aromatic nitrogens is 2. The van der Waals surface area contributed by atoms with Crippen LogP contribution in [0.4, 0.5) is 13.2 Å². The van der Waals surface area contributed by atoms with E-state index in [9.17, 15) is 22.8 Å². The molecule has 1 aromatic heterocycles. The highest BCUT2D eigenvalue weighted by Crippen LogP contribution is 2.37. The van der Waals surface area contributed by atoms with Crippen molar-refractivity contribution in [3.63, 3.8) is 0 Å². The van der Waals surface area contributed by atoms with Gasteiger partial charge in [0.15, 0.2) is 5.78 Å². The van der Waals surface area contributed by atoms with E-state index >= 15 is 0 Å². The molecule has 0 saturated heterocycles. The minimum Gasteiger partial charge on any atom is -0.306 e. The van der Waals surface area contributed by atoms with Crippen molar-refractivity contribution in [1.29, 1.82) is 0 Å². The predicted molar refractivity (Wildman–Crippen MR) is 111 cm³/mol. The molecule has 3 rings (SSSR count). The second-order valence-corrected chi connectivity index (χ2v) is 7.83.